The first-order chi connectivity index (χ1) is 15.5. The molecule has 2 aromatic heterocycles. The van der Waals surface area contributed by atoms with Crippen LogP contribution in [0.25, 0.3) is 22.2 Å². The molecule has 0 aliphatic heterocycles. The Morgan fingerprint density at radius 3 is 2.69 bits per heavy atom. The number of ketones is 1. The van der Waals surface area contributed by atoms with Crippen LogP contribution < -0.4 is 4.72 Å². The van der Waals surface area contributed by atoms with Crippen molar-refractivity contribution in [1.82, 2.24) is 9.97 Å². The third-order valence-electron chi connectivity index (χ3n) is 4.93. The Morgan fingerprint density at radius 2 is 1.97 bits per heavy atom. The van der Waals surface area contributed by atoms with Crippen LogP contribution in [0.4, 0.5) is 14.5 Å². The van der Waals surface area contributed by atoms with Gasteiger partial charge in [-0.3, -0.25) is 4.79 Å². The minimum atomic E-state index is -0.927. The normalized spacial score (nSPS) is 10.8. The van der Waals surface area contributed by atoms with Crippen LogP contribution in [0.2, 0.25) is 0 Å². The lowest BCUT2D eigenvalue weighted by Gasteiger charge is -2.10. The number of fused-ring (bicyclic) bond motifs is 1. The van der Waals surface area contributed by atoms with Gasteiger partial charge in [0.15, 0.2) is 5.82 Å². The number of H-pyrrole nitrogens is 1. The summed E-state index contributed by atoms with van der Waals surface area (Å²) in [6.07, 6.45) is 3.93. The number of hydrogen-bond donors (Lipinski definition) is 2. The summed E-state index contributed by atoms with van der Waals surface area (Å²) in [5.74, 6) is -1.88. The Labute approximate surface area is 187 Å². The van der Waals surface area contributed by atoms with Crippen LogP contribution in [0.15, 0.2) is 54.9 Å². The van der Waals surface area contributed by atoms with Gasteiger partial charge < -0.3 is 9.71 Å². The Bertz CT molecular complexity index is 1340. The lowest BCUT2D eigenvalue weighted by Crippen LogP contribution is -2.09. The lowest BCUT2D eigenvalue weighted by molar-refractivity contribution is 0.103. The van der Waals surface area contributed by atoms with Gasteiger partial charge in [0.05, 0.1) is 22.9 Å². The molecule has 2 aromatic carbocycles. The molecular formula is C24H18F2N4OS. The quantitative estimate of drug-likeness (QED) is 0.203. The van der Waals surface area contributed by atoms with Crippen LogP contribution in [-0.2, 0) is 0 Å². The van der Waals surface area contributed by atoms with E-state index >= 15 is 4.39 Å². The number of carbonyl (C=O) groups excluding carboxylic acids is 1. The van der Waals surface area contributed by atoms with E-state index in [4.69, 9.17) is 5.26 Å². The number of pyridine rings is 1. The topological polar surface area (TPSA) is 81.6 Å². The number of aromatic amines is 1. The summed E-state index contributed by atoms with van der Waals surface area (Å²) in [5.41, 5.74) is 2.04. The molecular weight excluding hydrogens is 430 g/mol. The summed E-state index contributed by atoms with van der Waals surface area (Å²) in [6.45, 7) is 1.99. The molecule has 32 heavy (non-hydrogen) atoms. The molecule has 0 radical (unpaired) electrons. The molecule has 8 heteroatoms. The number of nitrogens with zero attached hydrogens (tertiary/aromatic N) is 2. The van der Waals surface area contributed by atoms with Crippen LogP contribution in [0.5, 0.6) is 0 Å². The molecule has 160 valence electrons. The van der Waals surface area contributed by atoms with E-state index in [0.717, 1.165) is 23.8 Å². The van der Waals surface area contributed by atoms with Gasteiger partial charge in [0.25, 0.3) is 0 Å². The zero-order valence-electron chi connectivity index (χ0n) is 17.1. The second kappa shape index (κ2) is 9.20. The highest BCUT2D eigenvalue weighted by Crippen LogP contribution is 2.30. The fourth-order valence-corrected chi connectivity index (χ4v) is 3.91. The highest BCUT2D eigenvalue weighted by molar-refractivity contribution is 8.00. The molecule has 0 aliphatic rings. The van der Waals surface area contributed by atoms with Gasteiger partial charge in [0.2, 0.25) is 5.78 Å². The van der Waals surface area contributed by atoms with Gasteiger partial charge in [0.1, 0.15) is 11.5 Å². The Kier molecular flexibility index (Phi) is 6.19. The second-order valence-electron chi connectivity index (χ2n) is 7.08. The third-order valence-corrected chi connectivity index (χ3v) is 5.91. The number of benzene rings is 2. The first-order valence-corrected chi connectivity index (χ1v) is 10.9. The molecule has 0 atom stereocenters. The van der Waals surface area contributed by atoms with Gasteiger partial charge in [0, 0.05) is 34.7 Å². The summed E-state index contributed by atoms with van der Waals surface area (Å²) >= 11 is 1.29. The van der Waals surface area contributed by atoms with E-state index in [2.05, 4.69) is 20.8 Å². The molecule has 0 unspecified atom stereocenters. The van der Waals surface area contributed by atoms with Crippen molar-refractivity contribution in [2.45, 2.75) is 13.3 Å². The summed E-state index contributed by atoms with van der Waals surface area (Å²) in [4.78, 5) is 20.4. The highest BCUT2D eigenvalue weighted by Gasteiger charge is 2.24. The first-order valence-electron chi connectivity index (χ1n) is 9.91. The molecule has 4 rings (SSSR count). The Morgan fingerprint density at radius 1 is 1.19 bits per heavy atom. The number of aromatic nitrogens is 2. The van der Waals surface area contributed by atoms with Gasteiger partial charge in [-0.2, -0.15) is 5.26 Å². The molecule has 5 nitrogen and oxygen atoms in total. The van der Waals surface area contributed by atoms with Crippen LogP contribution in [-0.4, -0.2) is 21.5 Å². The smallest absolute Gasteiger partial charge is 0.201 e. The average Bonchev–Trinajstić information content (AvgIpc) is 3.24. The largest absolute Gasteiger partial charge is 0.345 e. The van der Waals surface area contributed by atoms with E-state index in [-0.39, 0.29) is 11.3 Å². The van der Waals surface area contributed by atoms with Crippen molar-refractivity contribution in [3.8, 4) is 17.2 Å². The molecule has 0 saturated heterocycles. The Balaban J connectivity index is 1.74. The second-order valence-corrected chi connectivity index (χ2v) is 7.98. The molecule has 0 spiro atoms. The van der Waals surface area contributed by atoms with Gasteiger partial charge in [-0.1, -0.05) is 31.0 Å². The van der Waals surface area contributed by atoms with E-state index in [1.165, 1.54) is 24.2 Å². The fourth-order valence-electron chi connectivity index (χ4n) is 3.29. The maximum Gasteiger partial charge on any atom is 0.201 e. The minimum Gasteiger partial charge on any atom is -0.345 e. The van der Waals surface area contributed by atoms with E-state index in [0.29, 0.717) is 22.2 Å². The summed E-state index contributed by atoms with van der Waals surface area (Å²) < 4.78 is 32.4. The predicted molar refractivity (Wildman–Crippen MR) is 122 cm³/mol. The number of carbonyl (C=O) groups is 1. The van der Waals surface area contributed by atoms with Crippen LogP contribution in [0.1, 0.15) is 34.8 Å². The molecule has 4 aromatic rings. The zero-order valence-corrected chi connectivity index (χ0v) is 17.9. The predicted octanol–water partition coefficient (Wildman–Crippen LogP) is 6.08. The SMILES string of the molecule is CCCSNc1ccc(F)c(C(=O)c2c[nH]c3ncc(-c4ccc(C#N)cc4)cc23)c1F. The van der Waals surface area contributed by atoms with Gasteiger partial charge in [-0.05, 0) is 42.3 Å². The highest BCUT2D eigenvalue weighted by atomic mass is 32.2. The molecule has 2 N–H and O–H groups in total. The molecule has 0 bridgehead atoms. The van der Waals surface area contributed by atoms with Crippen LogP contribution in [0.3, 0.4) is 0 Å². The van der Waals surface area contributed by atoms with Crippen molar-refractivity contribution in [1.29, 1.82) is 5.26 Å². The van der Waals surface area contributed by atoms with Crippen molar-refractivity contribution < 1.29 is 13.6 Å². The lowest BCUT2D eigenvalue weighted by atomic mass is 9.99. The van der Waals surface area contributed by atoms with Crippen molar-refractivity contribution in [3.63, 3.8) is 0 Å². The molecule has 0 fully saturated rings. The molecule has 0 amide bonds. The summed E-state index contributed by atoms with van der Waals surface area (Å²) in [5, 5.41) is 9.43. The number of nitrogens with one attached hydrogen (secondary N) is 2. The van der Waals surface area contributed by atoms with Gasteiger partial charge >= 0.3 is 0 Å². The van der Waals surface area contributed by atoms with E-state index < -0.39 is 23.0 Å². The number of hydrogen-bond acceptors (Lipinski definition) is 5. The minimum absolute atomic E-state index is 0.0597. The summed E-state index contributed by atoms with van der Waals surface area (Å²) in [7, 11) is 0. The van der Waals surface area contributed by atoms with E-state index in [9.17, 15) is 9.18 Å². The van der Waals surface area contributed by atoms with Crippen molar-refractivity contribution in [2.24, 2.45) is 0 Å². The maximum absolute atomic E-state index is 15.0. The van der Waals surface area contributed by atoms with Crippen LogP contribution >= 0.6 is 11.9 Å². The first kappa shape index (κ1) is 21.5. The molecule has 0 saturated carbocycles. The van der Waals surface area contributed by atoms with E-state index in [1.807, 2.05) is 6.92 Å². The van der Waals surface area contributed by atoms with Crippen molar-refractivity contribution in [2.75, 3.05) is 10.5 Å². The van der Waals surface area contributed by atoms with E-state index in [1.54, 1.807) is 36.5 Å². The van der Waals surface area contributed by atoms with Crippen molar-refractivity contribution >= 4 is 34.5 Å². The van der Waals surface area contributed by atoms with Crippen LogP contribution in [0, 0.1) is 23.0 Å². The molecule has 0 aliphatic carbocycles. The number of nitriles is 1. The van der Waals surface area contributed by atoms with Gasteiger partial charge in [-0.25, -0.2) is 13.8 Å². The standard InChI is InChI=1S/C24H18F2N4OS/c1-2-9-32-30-20-8-7-19(25)21(22(20)26)23(31)18-13-29-24-17(18)10-16(12-28-24)15-5-3-14(11-27)4-6-15/h3-8,10,12-13,30H,2,9H2,1H3,(H,28,29). The number of halogens is 2. The monoisotopic (exact) mass is 448 g/mol. The number of rotatable bonds is 7. The zero-order chi connectivity index (χ0) is 22.7. The van der Waals surface area contributed by atoms with Crippen molar-refractivity contribution in [3.05, 3.63) is 83.2 Å². The maximum atomic E-state index is 15.0. The number of anilines is 1. The van der Waals surface area contributed by atoms with Gasteiger partial charge in [-0.15, -0.1) is 0 Å². The average molecular weight is 448 g/mol. The fraction of sp³-hybridized carbons (Fsp3) is 0.125. The molecule has 2 heterocycles. The Hall–Kier alpha value is -3.70. The third kappa shape index (κ3) is 4.07. The summed E-state index contributed by atoms with van der Waals surface area (Å²) in [6, 6.07) is 13.1.